The molecule has 1 unspecified atom stereocenters. The topological polar surface area (TPSA) is 66.8 Å². The number of aryl methyl sites for hydroxylation is 1. The van der Waals surface area contributed by atoms with Gasteiger partial charge in [0.05, 0.1) is 0 Å². The highest BCUT2D eigenvalue weighted by Crippen LogP contribution is 2.40. The summed E-state index contributed by atoms with van der Waals surface area (Å²) in [5.41, 5.74) is 2.56. The molecule has 1 heterocycles. The van der Waals surface area contributed by atoms with Crippen molar-refractivity contribution in [1.82, 2.24) is 0 Å². The molecule has 0 spiro atoms. The van der Waals surface area contributed by atoms with E-state index in [0.717, 1.165) is 11.1 Å². The quantitative estimate of drug-likeness (QED) is 0.647. The minimum absolute atomic E-state index is 0.461. The number of aliphatic hydroxyl groups is 2. The Morgan fingerprint density at radius 3 is 2.27 bits per heavy atom. The lowest BCUT2D eigenvalue weighted by molar-refractivity contribution is -0.149. The molecular formula is C22H18O4. The van der Waals surface area contributed by atoms with Crippen molar-refractivity contribution in [3.63, 3.8) is 0 Å². The van der Waals surface area contributed by atoms with Crippen molar-refractivity contribution in [2.75, 3.05) is 0 Å². The number of cyclic esters (lactones) is 1. The second-order valence-electron chi connectivity index (χ2n) is 6.66. The van der Waals surface area contributed by atoms with Crippen LogP contribution in [0.5, 0.6) is 0 Å². The first-order valence-corrected chi connectivity index (χ1v) is 8.37. The van der Waals surface area contributed by atoms with Crippen LogP contribution in [0.1, 0.15) is 18.1 Å². The first-order valence-electron chi connectivity index (χ1n) is 8.37. The molecule has 0 aliphatic carbocycles. The van der Waals surface area contributed by atoms with Crippen LogP contribution in [0.25, 0.3) is 21.9 Å². The zero-order valence-electron chi connectivity index (χ0n) is 14.5. The van der Waals surface area contributed by atoms with Crippen LogP contribution in [-0.2, 0) is 15.1 Å². The molecule has 0 bridgehead atoms. The van der Waals surface area contributed by atoms with Crippen LogP contribution in [0.3, 0.4) is 0 Å². The molecule has 0 saturated heterocycles. The van der Waals surface area contributed by atoms with Gasteiger partial charge in [0, 0.05) is 5.56 Å². The molecule has 4 rings (SSSR count). The van der Waals surface area contributed by atoms with Gasteiger partial charge in [-0.05, 0) is 41.3 Å². The Labute approximate surface area is 151 Å². The van der Waals surface area contributed by atoms with Gasteiger partial charge in [0.25, 0.3) is 0 Å². The summed E-state index contributed by atoms with van der Waals surface area (Å²) in [6.45, 7) is 3.65. The Balaban J connectivity index is 1.76. The Morgan fingerprint density at radius 2 is 1.62 bits per heavy atom. The van der Waals surface area contributed by atoms with Crippen molar-refractivity contribution in [1.29, 1.82) is 0 Å². The fourth-order valence-electron chi connectivity index (χ4n) is 3.51. The first-order chi connectivity index (χ1) is 12.4. The summed E-state index contributed by atoms with van der Waals surface area (Å²) in [6, 6.07) is 19.9. The predicted octanol–water partition coefficient (Wildman–Crippen LogP) is 4.91. The predicted molar refractivity (Wildman–Crippen MR) is 99.8 cm³/mol. The van der Waals surface area contributed by atoms with Crippen LogP contribution >= 0.6 is 0 Å². The van der Waals surface area contributed by atoms with Crippen LogP contribution in [0.2, 0.25) is 0 Å². The third-order valence-corrected chi connectivity index (χ3v) is 5.11. The number of ether oxygens (including phenoxy) is 1. The highest BCUT2D eigenvalue weighted by molar-refractivity contribution is 5.92. The van der Waals surface area contributed by atoms with E-state index in [2.05, 4.69) is 31.2 Å². The summed E-state index contributed by atoms with van der Waals surface area (Å²) in [5, 5.41) is 22.1. The number of carbonyl (C=O) groups excluding carboxylic acids is 1. The molecule has 3 aromatic carbocycles. The normalized spacial score (nSPS) is 19.8. The maximum absolute atomic E-state index is 11.5. The number of carbonyl (C=O) groups is 1. The van der Waals surface area contributed by atoms with E-state index in [0.29, 0.717) is 5.56 Å². The molecule has 0 fully saturated rings. The Morgan fingerprint density at radius 1 is 0.923 bits per heavy atom. The summed E-state index contributed by atoms with van der Waals surface area (Å²) in [7, 11) is 0. The van der Waals surface area contributed by atoms with E-state index in [1.165, 1.54) is 16.3 Å². The molecule has 130 valence electrons. The standard InChI is InChI=1S/C22H18O4/c1-13-17-6-4-3-5-14(17)9-12-18(13)15-7-10-16(11-8-15)22(2)20(24)19(23)21(25)26-22/h3-12,23-24H,1-2H3. The van der Waals surface area contributed by atoms with E-state index in [-0.39, 0.29) is 0 Å². The lowest BCUT2D eigenvalue weighted by Gasteiger charge is -2.23. The van der Waals surface area contributed by atoms with Crippen LogP contribution in [-0.4, -0.2) is 16.2 Å². The van der Waals surface area contributed by atoms with Gasteiger partial charge in [0.2, 0.25) is 5.76 Å². The third-order valence-electron chi connectivity index (χ3n) is 5.11. The number of fused-ring (bicyclic) bond motifs is 1. The second-order valence-corrected chi connectivity index (χ2v) is 6.66. The average molecular weight is 346 g/mol. The number of hydrogen-bond donors (Lipinski definition) is 2. The Bertz CT molecular complexity index is 1060. The maximum atomic E-state index is 11.5. The largest absolute Gasteiger partial charge is 0.505 e. The van der Waals surface area contributed by atoms with E-state index in [1.54, 1.807) is 19.1 Å². The minimum Gasteiger partial charge on any atom is -0.505 e. The Hall–Kier alpha value is -3.27. The number of rotatable bonds is 2. The average Bonchev–Trinajstić information content (AvgIpc) is 2.86. The molecule has 0 saturated carbocycles. The summed E-state index contributed by atoms with van der Waals surface area (Å²) in [6.07, 6.45) is 0. The first kappa shape index (κ1) is 16.2. The van der Waals surface area contributed by atoms with Crippen molar-refractivity contribution in [2.45, 2.75) is 19.4 Å². The smallest absolute Gasteiger partial charge is 0.378 e. The van der Waals surface area contributed by atoms with Gasteiger partial charge in [-0.25, -0.2) is 4.79 Å². The van der Waals surface area contributed by atoms with E-state index >= 15 is 0 Å². The van der Waals surface area contributed by atoms with Crippen LogP contribution in [0, 0.1) is 6.92 Å². The van der Waals surface area contributed by atoms with Crippen molar-refractivity contribution >= 4 is 16.7 Å². The van der Waals surface area contributed by atoms with Gasteiger partial charge in [-0.2, -0.15) is 0 Å². The molecule has 2 N–H and O–H groups in total. The van der Waals surface area contributed by atoms with Gasteiger partial charge < -0.3 is 14.9 Å². The zero-order valence-corrected chi connectivity index (χ0v) is 14.5. The molecule has 26 heavy (non-hydrogen) atoms. The second kappa shape index (κ2) is 5.63. The van der Waals surface area contributed by atoms with Gasteiger partial charge in [0.15, 0.2) is 11.4 Å². The fourth-order valence-corrected chi connectivity index (χ4v) is 3.51. The zero-order chi connectivity index (χ0) is 18.5. The van der Waals surface area contributed by atoms with E-state index in [4.69, 9.17) is 4.74 Å². The van der Waals surface area contributed by atoms with Gasteiger partial charge in [0.1, 0.15) is 0 Å². The lowest BCUT2D eigenvalue weighted by Crippen LogP contribution is -2.25. The fraction of sp³-hybridized carbons (Fsp3) is 0.136. The summed E-state index contributed by atoms with van der Waals surface area (Å²) in [5.74, 6) is -2.11. The van der Waals surface area contributed by atoms with E-state index in [1.807, 2.05) is 24.3 Å². The van der Waals surface area contributed by atoms with Gasteiger partial charge in [-0.3, -0.25) is 0 Å². The highest BCUT2D eigenvalue weighted by Gasteiger charge is 2.46. The van der Waals surface area contributed by atoms with Crippen LogP contribution in [0.15, 0.2) is 72.2 Å². The molecule has 1 aliphatic rings. The maximum Gasteiger partial charge on any atom is 0.378 e. The van der Waals surface area contributed by atoms with Crippen LogP contribution < -0.4 is 0 Å². The molecule has 3 aromatic rings. The number of aliphatic hydroxyl groups excluding tert-OH is 2. The van der Waals surface area contributed by atoms with Gasteiger partial charge >= 0.3 is 5.97 Å². The molecule has 4 heteroatoms. The molecule has 4 nitrogen and oxygen atoms in total. The highest BCUT2D eigenvalue weighted by atomic mass is 16.6. The SMILES string of the molecule is Cc1c(-c2ccc(C3(C)OC(=O)C(O)=C3O)cc2)ccc2ccccc12. The molecular weight excluding hydrogens is 328 g/mol. The monoisotopic (exact) mass is 346 g/mol. The molecule has 1 atom stereocenters. The molecule has 0 radical (unpaired) electrons. The van der Waals surface area contributed by atoms with Crippen molar-refractivity contribution in [3.05, 3.63) is 83.3 Å². The van der Waals surface area contributed by atoms with Crippen LogP contribution in [0.4, 0.5) is 0 Å². The van der Waals surface area contributed by atoms with Crippen molar-refractivity contribution < 1.29 is 19.7 Å². The lowest BCUT2D eigenvalue weighted by atomic mass is 9.90. The summed E-state index contributed by atoms with van der Waals surface area (Å²) < 4.78 is 5.17. The third kappa shape index (κ3) is 2.26. The number of hydrogen-bond acceptors (Lipinski definition) is 4. The minimum atomic E-state index is -1.36. The van der Waals surface area contributed by atoms with Crippen molar-refractivity contribution in [2.24, 2.45) is 0 Å². The van der Waals surface area contributed by atoms with Gasteiger partial charge in [-0.1, -0.05) is 60.7 Å². The number of esters is 1. The number of benzene rings is 3. The molecule has 0 amide bonds. The molecule has 1 aliphatic heterocycles. The summed E-state index contributed by atoms with van der Waals surface area (Å²) >= 11 is 0. The van der Waals surface area contributed by atoms with Gasteiger partial charge in [-0.15, -0.1) is 0 Å². The van der Waals surface area contributed by atoms with E-state index in [9.17, 15) is 15.0 Å². The summed E-state index contributed by atoms with van der Waals surface area (Å²) in [4.78, 5) is 11.5. The Kier molecular flexibility index (Phi) is 3.51. The molecule has 0 aromatic heterocycles. The van der Waals surface area contributed by atoms with Crippen molar-refractivity contribution in [3.8, 4) is 11.1 Å². The van der Waals surface area contributed by atoms with E-state index < -0.39 is 23.1 Å².